The van der Waals surface area contributed by atoms with Gasteiger partial charge in [-0.3, -0.25) is 0 Å². The summed E-state index contributed by atoms with van der Waals surface area (Å²) >= 11 is 0. The van der Waals surface area contributed by atoms with Crippen LogP contribution in [0.15, 0.2) is 206 Å². The van der Waals surface area contributed by atoms with E-state index < -0.39 is 13.9 Å². The molecular formula is C52H46BO3P. The molecule has 5 heteroatoms. The average Bonchev–Trinajstić information content (AvgIpc) is 3.25. The molecule has 0 aliphatic rings. The Hall–Kier alpha value is -6.35. The maximum absolute atomic E-state index is 6.78. The summed E-state index contributed by atoms with van der Waals surface area (Å²) in [5.41, 5.74) is 6.93. The van der Waals surface area contributed by atoms with Crippen LogP contribution in [-0.4, -0.2) is 7.32 Å². The van der Waals surface area contributed by atoms with Gasteiger partial charge in [0.2, 0.25) is 0 Å². The molecule has 8 aromatic rings. The molecule has 0 spiro atoms. The van der Waals surface area contributed by atoms with Gasteiger partial charge in [-0.05, 0) is 0 Å². The Labute approximate surface area is 337 Å². The van der Waals surface area contributed by atoms with E-state index in [0.29, 0.717) is 17.2 Å². The first-order valence-electron chi connectivity index (χ1n) is 19.5. The fourth-order valence-corrected chi connectivity index (χ4v) is 17.0. The monoisotopic (exact) mass is 760 g/mol. The number of hydrogen-bond acceptors (Lipinski definition) is 3. The zero-order valence-corrected chi connectivity index (χ0v) is 33.8. The van der Waals surface area contributed by atoms with Gasteiger partial charge < -0.3 is 0 Å². The Morgan fingerprint density at radius 3 is 1.21 bits per heavy atom. The zero-order valence-electron chi connectivity index (χ0n) is 32.9. The molecule has 0 radical (unpaired) electrons. The zero-order chi connectivity index (χ0) is 39.3. The van der Waals surface area contributed by atoms with Crippen molar-refractivity contribution < 1.29 is 14.0 Å². The summed E-state index contributed by atoms with van der Waals surface area (Å²) in [6.45, 7) is 5.25. The van der Waals surface area contributed by atoms with E-state index >= 15 is 0 Å². The molecule has 8 aromatic carbocycles. The van der Waals surface area contributed by atoms with Crippen LogP contribution in [0.1, 0.15) is 22.3 Å². The first-order valence-corrected chi connectivity index (χ1v) is 21.7. The normalized spacial score (nSPS) is 11.9. The Kier molecular flexibility index (Phi) is 10.6. The van der Waals surface area contributed by atoms with Gasteiger partial charge in [-0.25, -0.2) is 0 Å². The van der Waals surface area contributed by atoms with E-state index in [2.05, 4.69) is 161 Å². The van der Waals surface area contributed by atoms with E-state index in [1.165, 1.54) is 48.8 Å². The van der Waals surface area contributed by atoms with Gasteiger partial charge in [0, 0.05) is 0 Å². The van der Waals surface area contributed by atoms with Crippen molar-refractivity contribution in [3.8, 4) is 28.4 Å². The third kappa shape index (κ3) is 6.51. The van der Waals surface area contributed by atoms with Crippen LogP contribution in [0.3, 0.4) is 0 Å². The van der Waals surface area contributed by atoms with Crippen molar-refractivity contribution >= 4 is 40.4 Å². The van der Waals surface area contributed by atoms with Crippen molar-refractivity contribution in [2.24, 2.45) is 0 Å². The fraction of sp³-hybridized carbons (Fsp3) is 0.0769. The van der Waals surface area contributed by atoms with Crippen molar-refractivity contribution in [2.75, 3.05) is 0 Å². The molecule has 8 rings (SSSR count). The minimum absolute atomic E-state index is 0.643. The van der Waals surface area contributed by atoms with E-state index in [9.17, 15) is 0 Å². The van der Waals surface area contributed by atoms with E-state index in [-0.39, 0.29) is 0 Å². The van der Waals surface area contributed by atoms with Crippen LogP contribution in [0.25, 0.3) is 11.1 Å². The van der Waals surface area contributed by atoms with Gasteiger partial charge in [0.1, 0.15) is 0 Å². The Morgan fingerprint density at radius 2 is 0.719 bits per heavy atom. The van der Waals surface area contributed by atoms with Gasteiger partial charge in [0.15, 0.2) is 0 Å². The van der Waals surface area contributed by atoms with Crippen LogP contribution < -0.4 is 40.5 Å². The minimum atomic E-state index is -3.87. The molecule has 0 unspecified atom stereocenters. The van der Waals surface area contributed by atoms with Crippen LogP contribution >= 0.6 is 6.60 Å². The van der Waals surface area contributed by atoms with Crippen molar-refractivity contribution in [1.29, 1.82) is 0 Å². The van der Waals surface area contributed by atoms with Crippen LogP contribution in [-0.2, 0) is 0 Å². The topological polar surface area (TPSA) is 27.7 Å². The second kappa shape index (κ2) is 16.0. The molecule has 0 heterocycles. The first kappa shape index (κ1) is 37.6. The van der Waals surface area contributed by atoms with Gasteiger partial charge in [-0.15, -0.1) is 0 Å². The molecule has 0 amide bonds. The molecule has 0 fully saturated rings. The summed E-state index contributed by atoms with van der Waals surface area (Å²) in [5.74, 6) is 1.94. The van der Waals surface area contributed by atoms with E-state index in [1.54, 1.807) is 0 Å². The SMILES string of the molecule is Cc1ccccc1P(c1ccccc1)(c1ccccc1C)(c1ccccc1C)c1cccc(-c2ccccc2OB(Oc2ccccc2)Oc2ccccc2)c1C. The Balaban J connectivity index is 1.44. The predicted molar refractivity (Wildman–Crippen MR) is 242 cm³/mol. The number of rotatable bonds is 12. The molecule has 3 nitrogen and oxygen atoms in total. The molecule has 280 valence electrons. The third-order valence-corrected chi connectivity index (χ3v) is 18.4. The van der Waals surface area contributed by atoms with Gasteiger partial charge >= 0.3 is 339 Å². The van der Waals surface area contributed by atoms with Crippen LogP contribution in [0.5, 0.6) is 17.2 Å². The molecule has 0 saturated heterocycles. The summed E-state index contributed by atoms with van der Waals surface area (Å²) in [6, 6.07) is 72.7. The van der Waals surface area contributed by atoms with Gasteiger partial charge in [0.25, 0.3) is 0 Å². The number of benzene rings is 8. The second-order valence-electron chi connectivity index (χ2n) is 14.5. The van der Waals surface area contributed by atoms with Crippen molar-refractivity contribution in [3.05, 3.63) is 229 Å². The number of para-hydroxylation sites is 3. The molecule has 0 saturated carbocycles. The van der Waals surface area contributed by atoms with E-state index in [0.717, 1.165) is 11.1 Å². The summed E-state index contributed by atoms with van der Waals surface area (Å²) in [4.78, 5) is 0. The maximum atomic E-state index is 6.78. The summed E-state index contributed by atoms with van der Waals surface area (Å²) in [5, 5.41) is 6.57. The van der Waals surface area contributed by atoms with Gasteiger partial charge in [0.05, 0.1) is 0 Å². The van der Waals surface area contributed by atoms with Gasteiger partial charge in [-0.1, -0.05) is 0 Å². The molecule has 0 aliphatic carbocycles. The van der Waals surface area contributed by atoms with Crippen LogP contribution in [0.4, 0.5) is 0 Å². The fourth-order valence-electron chi connectivity index (χ4n) is 8.84. The molecule has 57 heavy (non-hydrogen) atoms. The van der Waals surface area contributed by atoms with Gasteiger partial charge in [-0.2, -0.15) is 0 Å². The van der Waals surface area contributed by atoms with Crippen molar-refractivity contribution in [3.63, 3.8) is 0 Å². The molecule has 0 atom stereocenters. The Morgan fingerprint density at radius 1 is 0.333 bits per heavy atom. The molecule has 0 aliphatic heterocycles. The summed E-state index contributed by atoms with van der Waals surface area (Å²) in [6.07, 6.45) is 0. The first-order chi connectivity index (χ1) is 27.9. The number of aryl methyl sites for hydroxylation is 3. The molecule has 0 N–H and O–H groups in total. The average molecular weight is 761 g/mol. The third-order valence-electron chi connectivity index (χ3n) is 11.2. The van der Waals surface area contributed by atoms with Crippen molar-refractivity contribution in [1.82, 2.24) is 0 Å². The quantitative estimate of drug-likeness (QED) is 0.0917. The van der Waals surface area contributed by atoms with Crippen LogP contribution in [0.2, 0.25) is 0 Å². The predicted octanol–water partition coefficient (Wildman–Crippen LogP) is 10.6. The Bertz CT molecular complexity index is 2470. The second-order valence-corrected chi connectivity index (χ2v) is 19.2. The summed E-state index contributed by atoms with van der Waals surface area (Å²) in [7, 11) is -1.06. The van der Waals surface area contributed by atoms with Crippen LogP contribution in [0, 0.1) is 27.7 Å². The number of hydrogen-bond donors (Lipinski definition) is 0. The molecular weight excluding hydrogens is 714 g/mol. The van der Waals surface area contributed by atoms with E-state index in [1.807, 2.05) is 72.8 Å². The standard InChI is InChI=1S/C52H46BO3P/c1-39-23-14-19-35-49(39)57(45-30-12-7-13-31-45,50-36-20-15-24-40(50)2,51-37-21-16-25-41(51)3)52-38-22-33-46(42(52)4)47-32-17-18-34-48(47)56-53(54-43-26-8-5-9-27-43)55-44-28-10-6-11-29-44/h5-38H,1-4H3. The summed E-state index contributed by atoms with van der Waals surface area (Å²) < 4.78 is 19.5. The molecule has 0 bridgehead atoms. The molecule has 0 aromatic heterocycles. The van der Waals surface area contributed by atoms with Crippen molar-refractivity contribution in [2.45, 2.75) is 27.7 Å². The van der Waals surface area contributed by atoms with E-state index in [4.69, 9.17) is 14.0 Å².